The number of fused-ring (bicyclic) bond motifs is 2. The summed E-state index contributed by atoms with van der Waals surface area (Å²) in [5.74, 6) is 1.09. The van der Waals surface area contributed by atoms with Crippen LogP contribution in [0.4, 0.5) is 19.0 Å². The van der Waals surface area contributed by atoms with Crippen LogP contribution < -0.4 is 5.32 Å². The third-order valence-electron chi connectivity index (χ3n) is 5.56. The van der Waals surface area contributed by atoms with Gasteiger partial charge in [-0.3, -0.25) is 4.99 Å². The molecule has 0 saturated heterocycles. The number of rotatable bonds is 3. The monoisotopic (exact) mass is 432 g/mol. The first-order chi connectivity index (χ1) is 15.5. The lowest BCUT2D eigenvalue weighted by Crippen LogP contribution is -2.14. The molecule has 160 valence electrons. The maximum absolute atomic E-state index is 13.6. The summed E-state index contributed by atoms with van der Waals surface area (Å²) < 4.78 is 40.9. The number of aliphatic imine (C=N–C) groups is 1. The van der Waals surface area contributed by atoms with Gasteiger partial charge in [0.15, 0.2) is 5.82 Å². The molecular formula is C25H19F3N4. The first-order valence-electron chi connectivity index (χ1n) is 10.3. The van der Waals surface area contributed by atoms with Crippen LogP contribution in [0.25, 0.3) is 22.3 Å². The quantitative estimate of drug-likeness (QED) is 0.395. The van der Waals surface area contributed by atoms with Gasteiger partial charge in [-0.1, -0.05) is 61.5 Å². The standard InChI is InChI=1S/C25H19F3N4/c1-2-20-15-9-3-4-10-16(15)22(29-20)31-24-18-12-6-8-14-21(18)30-23(32-24)17-11-5-7-13-19(17)25(26,27)28/h3-14,20H,2H2,1H3,(H,29,30,31,32). The van der Waals surface area contributed by atoms with Crippen molar-refractivity contribution in [3.63, 3.8) is 0 Å². The predicted octanol–water partition coefficient (Wildman–Crippen LogP) is 6.64. The molecule has 0 amide bonds. The van der Waals surface area contributed by atoms with E-state index >= 15 is 0 Å². The van der Waals surface area contributed by atoms with E-state index in [0.29, 0.717) is 22.6 Å². The van der Waals surface area contributed by atoms with Gasteiger partial charge in [0.2, 0.25) is 0 Å². The first-order valence-corrected chi connectivity index (χ1v) is 10.3. The SMILES string of the molecule is CCC1N=C(Nc2nc(-c3ccccc3C(F)(F)F)nc3ccccc23)c2ccccc21. The van der Waals surface area contributed by atoms with Gasteiger partial charge in [0.25, 0.3) is 0 Å². The molecule has 0 aliphatic carbocycles. The van der Waals surface area contributed by atoms with Crippen molar-refractivity contribution < 1.29 is 13.2 Å². The Hall–Kier alpha value is -3.74. The zero-order chi connectivity index (χ0) is 22.3. The molecule has 1 aliphatic rings. The smallest absolute Gasteiger partial charge is 0.324 e. The summed E-state index contributed by atoms with van der Waals surface area (Å²) in [5, 5.41) is 4.00. The summed E-state index contributed by atoms with van der Waals surface area (Å²) in [6.07, 6.45) is -3.67. The van der Waals surface area contributed by atoms with E-state index in [2.05, 4.69) is 22.2 Å². The lowest BCUT2D eigenvalue weighted by Gasteiger charge is -2.14. The summed E-state index contributed by atoms with van der Waals surface area (Å²) in [7, 11) is 0. The number of halogens is 3. The maximum Gasteiger partial charge on any atom is 0.417 e. The third kappa shape index (κ3) is 3.49. The van der Waals surface area contributed by atoms with Crippen LogP contribution in [0, 0.1) is 0 Å². The fourth-order valence-corrected chi connectivity index (χ4v) is 4.04. The Kier molecular flexibility index (Phi) is 4.89. The maximum atomic E-state index is 13.6. The first kappa shape index (κ1) is 20.2. The average molecular weight is 432 g/mol. The predicted molar refractivity (Wildman–Crippen MR) is 120 cm³/mol. The number of nitrogens with zero attached hydrogens (tertiary/aromatic N) is 3. The number of aromatic nitrogens is 2. The Morgan fingerprint density at radius 2 is 1.53 bits per heavy atom. The molecule has 0 bridgehead atoms. The second-order valence-corrected chi connectivity index (χ2v) is 7.57. The molecule has 2 heterocycles. The van der Waals surface area contributed by atoms with Crippen molar-refractivity contribution in [3.05, 3.63) is 89.5 Å². The van der Waals surface area contributed by atoms with E-state index in [1.807, 2.05) is 36.4 Å². The number of amidine groups is 1. The van der Waals surface area contributed by atoms with Crippen LogP contribution in [0.2, 0.25) is 0 Å². The van der Waals surface area contributed by atoms with Crippen molar-refractivity contribution >= 4 is 22.6 Å². The Bertz CT molecular complexity index is 1340. The fourth-order valence-electron chi connectivity index (χ4n) is 4.04. The zero-order valence-electron chi connectivity index (χ0n) is 17.2. The van der Waals surface area contributed by atoms with E-state index in [9.17, 15) is 13.2 Å². The molecule has 0 fully saturated rings. The van der Waals surface area contributed by atoms with Crippen molar-refractivity contribution in [1.82, 2.24) is 9.97 Å². The van der Waals surface area contributed by atoms with Gasteiger partial charge in [0, 0.05) is 16.5 Å². The van der Waals surface area contributed by atoms with E-state index in [4.69, 9.17) is 4.99 Å². The minimum absolute atomic E-state index is 0.0121. The molecule has 1 atom stereocenters. The highest BCUT2D eigenvalue weighted by Crippen LogP contribution is 2.37. The lowest BCUT2D eigenvalue weighted by molar-refractivity contribution is -0.137. The van der Waals surface area contributed by atoms with Crippen LogP contribution in [-0.2, 0) is 6.18 Å². The summed E-state index contributed by atoms with van der Waals surface area (Å²) in [5.41, 5.74) is 1.82. The molecule has 4 nitrogen and oxygen atoms in total. The number of benzene rings is 3. The summed E-state index contributed by atoms with van der Waals surface area (Å²) in [4.78, 5) is 13.8. The van der Waals surface area contributed by atoms with Crippen molar-refractivity contribution in [2.24, 2.45) is 4.99 Å². The van der Waals surface area contributed by atoms with Gasteiger partial charge < -0.3 is 5.32 Å². The van der Waals surface area contributed by atoms with E-state index in [0.717, 1.165) is 23.6 Å². The molecule has 1 aromatic heterocycles. The molecule has 3 aromatic carbocycles. The van der Waals surface area contributed by atoms with Crippen LogP contribution >= 0.6 is 0 Å². The topological polar surface area (TPSA) is 50.2 Å². The Labute approximate surface area is 182 Å². The molecule has 0 spiro atoms. The second-order valence-electron chi connectivity index (χ2n) is 7.57. The highest BCUT2D eigenvalue weighted by molar-refractivity contribution is 6.13. The number of hydrogen-bond acceptors (Lipinski definition) is 4. The van der Waals surface area contributed by atoms with E-state index < -0.39 is 11.7 Å². The molecule has 7 heteroatoms. The summed E-state index contributed by atoms with van der Waals surface area (Å²) >= 11 is 0. The number of para-hydroxylation sites is 1. The van der Waals surface area contributed by atoms with Gasteiger partial charge in [-0.05, 0) is 30.2 Å². The second kappa shape index (κ2) is 7.75. The van der Waals surface area contributed by atoms with Crippen molar-refractivity contribution in [3.8, 4) is 11.4 Å². The number of alkyl halides is 3. The zero-order valence-corrected chi connectivity index (χ0v) is 17.2. The highest BCUT2D eigenvalue weighted by Gasteiger charge is 2.34. The molecule has 1 unspecified atom stereocenters. The molecule has 1 aliphatic heterocycles. The Morgan fingerprint density at radius 1 is 0.844 bits per heavy atom. The number of nitrogens with one attached hydrogen (secondary N) is 1. The minimum atomic E-state index is -4.51. The summed E-state index contributed by atoms with van der Waals surface area (Å²) in [6, 6.07) is 20.6. The number of anilines is 1. The van der Waals surface area contributed by atoms with Gasteiger partial charge in [-0.25, -0.2) is 9.97 Å². The van der Waals surface area contributed by atoms with E-state index in [-0.39, 0.29) is 17.4 Å². The summed E-state index contributed by atoms with van der Waals surface area (Å²) in [6.45, 7) is 2.07. The van der Waals surface area contributed by atoms with Crippen LogP contribution in [0.15, 0.2) is 77.8 Å². The van der Waals surface area contributed by atoms with E-state index in [1.54, 1.807) is 18.2 Å². The Balaban J connectivity index is 1.66. The lowest BCUT2D eigenvalue weighted by atomic mass is 10.0. The molecular weight excluding hydrogens is 413 g/mol. The largest absolute Gasteiger partial charge is 0.417 e. The fraction of sp³-hybridized carbons (Fsp3) is 0.160. The van der Waals surface area contributed by atoms with Gasteiger partial charge in [0.05, 0.1) is 17.1 Å². The normalized spacial score (nSPS) is 15.5. The molecule has 4 aromatic rings. The molecule has 0 saturated carbocycles. The third-order valence-corrected chi connectivity index (χ3v) is 5.56. The van der Waals surface area contributed by atoms with Crippen LogP contribution in [0.5, 0.6) is 0 Å². The van der Waals surface area contributed by atoms with Gasteiger partial charge in [0.1, 0.15) is 11.7 Å². The van der Waals surface area contributed by atoms with E-state index in [1.165, 1.54) is 12.1 Å². The van der Waals surface area contributed by atoms with Crippen LogP contribution in [0.3, 0.4) is 0 Å². The van der Waals surface area contributed by atoms with Crippen molar-refractivity contribution in [1.29, 1.82) is 0 Å². The van der Waals surface area contributed by atoms with Crippen LogP contribution in [-0.4, -0.2) is 15.8 Å². The van der Waals surface area contributed by atoms with Crippen LogP contribution in [0.1, 0.15) is 36.1 Å². The molecule has 32 heavy (non-hydrogen) atoms. The molecule has 0 radical (unpaired) electrons. The Morgan fingerprint density at radius 3 is 2.31 bits per heavy atom. The van der Waals surface area contributed by atoms with Crippen molar-refractivity contribution in [2.75, 3.05) is 5.32 Å². The van der Waals surface area contributed by atoms with Gasteiger partial charge in [-0.15, -0.1) is 0 Å². The van der Waals surface area contributed by atoms with Gasteiger partial charge in [-0.2, -0.15) is 13.2 Å². The van der Waals surface area contributed by atoms with Gasteiger partial charge >= 0.3 is 6.18 Å². The minimum Gasteiger partial charge on any atom is -0.324 e. The molecule has 1 N–H and O–H groups in total. The van der Waals surface area contributed by atoms with Crippen molar-refractivity contribution in [2.45, 2.75) is 25.6 Å². The average Bonchev–Trinajstić information content (AvgIpc) is 3.16. The highest BCUT2D eigenvalue weighted by atomic mass is 19.4. The number of hydrogen-bond donors (Lipinski definition) is 1. The molecule has 5 rings (SSSR count).